The molecule has 0 aliphatic rings. The van der Waals surface area contributed by atoms with E-state index in [0.717, 1.165) is 0 Å². The van der Waals surface area contributed by atoms with Gasteiger partial charge in [0.2, 0.25) is 0 Å². The Morgan fingerprint density at radius 1 is 1.57 bits per heavy atom. The Kier molecular flexibility index (Phi) is 37.7. The van der Waals surface area contributed by atoms with E-state index in [1.807, 2.05) is 0 Å². The Morgan fingerprint density at radius 3 is 1.57 bits per heavy atom. The van der Waals surface area contributed by atoms with Gasteiger partial charge in [-0.3, -0.25) is 0 Å². The van der Waals surface area contributed by atoms with Crippen molar-refractivity contribution >= 4 is 17.4 Å². The Labute approximate surface area is 58.9 Å². The monoisotopic (exact) mass is 167 g/mol. The van der Waals surface area contributed by atoms with Crippen molar-refractivity contribution in [2.75, 3.05) is 0 Å². The molecule has 0 rings (SSSR count). The van der Waals surface area contributed by atoms with Crippen molar-refractivity contribution < 1.29 is 22.2 Å². The van der Waals surface area contributed by atoms with Crippen molar-refractivity contribution in [2.24, 2.45) is 5.73 Å². The summed E-state index contributed by atoms with van der Waals surface area (Å²) in [7, 11) is 0. The standard InChI is InChI=1S/C2H4.CH3NOS.Cu/c1-2;2-1(3)4;/h1-2H2;(H3,2,3,4);/q;;+1/p-1. The van der Waals surface area contributed by atoms with Crippen LogP contribution in [0, 0.1) is 0 Å². The van der Waals surface area contributed by atoms with Gasteiger partial charge in [-0.25, -0.2) is 0 Å². The van der Waals surface area contributed by atoms with Crippen molar-refractivity contribution in [1.82, 2.24) is 0 Å². The van der Waals surface area contributed by atoms with Crippen LogP contribution in [-0.4, -0.2) is 5.17 Å². The van der Waals surface area contributed by atoms with E-state index in [1.54, 1.807) is 0 Å². The number of thiocarbonyl (C=S) groups is 1. The van der Waals surface area contributed by atoms with E-state index < -0.39 is 5.17 Å². The van der Waals surface area contributed by atoms with Gasteiger partial charge in [0.05, 0.1) is 0 Å². The Morgan fingerprint density at radius 2 is 1.57 bits per heavy atom. The van der Waals surface area contributed by atoms with Gasteiger partial charge >= 0.3 is 17.1 Å². The van der Waals surface area contributed by atoms with Crippen molar-refractivity contribution in [2.45, 2.75) is 0 Å². The van der Waals surface area contributed by atoms with E-state index in [-0.39, 0.29) is 17.1 Å². The van der Waals surface area contributed by atoms with Crippen LogP contribution in [-0.2, 0) is 17.1 Å². The summed E-state index contributed by atoms with van der Waals surface area (Å²) in [6.45, 7) is 6.00. The molecule has 46 valence electrons. The van der Waals surface area contributed by atoms with E-state index >= 15 is 0 Å². The average Bonchev–Trinajstić information content (AvgIpc) is 1.41. The second-order valence-corrected chi connectivity index (χ2v) is 0.721. The number of rotatable bonds is 0. The molecule has 2 nitrogen and oxygen atoms in total. The third kappa shape index (κ3) is 36400. The maximum absolute atomic E-state index is 9.04. The summed E-state index contributed by atoms with van der Waals surface area (Å²) in [5.41, 5.74) is 4.29. The first-order valence-corrected chi connectivity index (χ1v) is 1.61. The second kappa shape index (κ2) is 16.8. The van der Waals surface area contributed by atoms with Crippen molar-refractivity contribution in [1.29, 1.82) is 0 Å². The van der Waals surface area contributed by atoms with Crippen LogP contribution in [0.4, 0.5) is 0 Å². The first-order chi connectivity index (χ1) is 2.73. The topological polar surface area (TPSA) is 49.1 Å². The predicted octanol–water partition coefficient (Wildman–Crippen LogP) is -0.610. The molecule has 0 aromatic heterocycles. The molecule has 0 unspecified atom stereocenters. The smallest absolute Gasteiger partial charge is 0.852 e. The van der Waals surface area contributed by atoms with Crippen molar-refractivity contribution in [3.8, 4) is 0 Å². The van der Waals surface area contributed by atoms with E-state index in [0.29, 0.717) is 0 Å². The molecule has 0 saturated carbocycles. The van der Waals surface area contributed by atoms with Crippen LogP contribution in [0.15, 0.2) is 13.2 Å². The van der Waals surface area contributed by atoms with Gasteiger partial charge in [0.25, 0.3) is 0 Å². The van der Waals surface area contributed by atoms with E-state index in [2.05, 4.69) is 31.1 Å². The zero-order valence-electron chi connectivity index (χ0n) is 3.61. The molecule has 0 aliphatic heterocycles. The molecule has 0 aromatic rings. The molecular weight excluding hydrogens is 162 g/mol. The molecule has 0 radical (unpaired) electrons. The van der Waals surface area contributed by atoms with Gasteiger partial charge in [0.15, 0.2) is 0 Å². The van der Waals surface area contributed by atoms with Crippen LogP contribution < -0.4 is 10.8 Å². The number of nitrogens with two attached hydrogens (primary N) is 1. The van der Waals surface area contributed by atoms with Crippen LogP contribution in [0.1, 0.15) is 0 Å². The first-order valence-electron chi connectivity index (χ1n) is 1.20. The summed E-state index contributed by atoms with van der Waals surface area (Å²) in [5.74, 6) is 0. The van der Waals surface area contributed by atoms with Gasteiger partial charge in [0.1, 0.15) is 0 Å². The first kappa shape index (κ1) is 15.8. The van der Waals surface area contributed by atoms with E-state index in [4.69, 9.17) is 5.11 Å². The second-order valence-electron chi connectivity index (χ2n) is 0.319. The van der Waals surface area contributed by atoms with Crippen molar-refractivity contribution in [3.05, 3.63) is 13.2 Å². The maximum Gasteiger partial charge on any atom is 1.00 e. The predicted molar refractivity (Wildman–Crippen MR) is 28.0 cm³/mol. The molecule has 0 amide bonds. The molecule has 0 fully saturated rings. The molecule has 0 atom stereocenters. The minimum absolute atomic E-state index is 0. The molecule has 0 bridgehead atoms. The fourth-order valence-electron chi connectivity index (χ4n) is 0. The van der Waals surface area contributed by atoms with Crippen LogP contribution in [0.5, 0.6) is 0 Å². The van der Waals surface area contributed by atoms with Gasteiger partial charge < -0.3 is 10.8 Å². The molecule has 0 spiro atoms. The summed E-state index contributed by atoms with van der Waals surface area (Å²) < 4.78 is 0. The van der Waals surface area contributed by atoms with Crippen LogP contribution in [0.25, 0.3) is 0 Å². The minimum atomic E-state index is -0.750. The minimum Gasteiger partial charge on any atom is -0.852 e. The molecule has 7 heavy (non-hydrogen) atoms. The molecule has 0 heterocycles. The third-order valence-corrected chi connectivity index (χ3v) is 0. The number of hydrogen-bond donors (Lipinski definition) is 1. The van der Waals surface area contributed by atoms with Gasteiger partial charge in [-0.15, -0.1) is 13.2 Å². The summed E-state index contributed by atoms with van der Waals surface area (Å²) in [6.07, 6.45) is 0. The number of hydrogen-bond acceptors (Lipinski definition) is 2. The van der Waals surface area contributed by atoms with Crippen LogP contribution >= 0.6 is 12.2 Å². The van der Waals surface area contributed by atoms with Gasteiger partial charge in [-0.2, -0.15) is 0 Å². The summed E-state index contributed by atoms with van der Waals surface area (Å²) in [5, 5.41) is 8.29. The zero-order chi connectivity index (χ0) is 5.58. The fourth-order valence-corrected chi connectivity index (χ4v) is 0. The molecule has 2 N–H and O–H groups in total. The summed E-state index contributed by atoms with van der Waals surface area (Å²) in [6, 6.07) is 0. The quantitative estimate of drug-likeness (QED) is 0.298. The molecule has 0 aliphatic carbocycles. The third-order valence-electron chi connectivity index (χ3n) is 0. The Bertz CT molecular complexity index is 46.2. The Hall–Kier alpha value is -0.0505. The summed E-state index contributed by atoms with van der Waals surface area (Å²) in [4.78, 5) is 0. The fraction of sp³-hybridized carbons (Fsp3) is 0. The average molecular weight is 168 g/mol. The van der Waals surface area contributed by atoms with E-state index in [9.17, 15) is 0 Å². The van der Waals surface area contributed by atoms with Gasteiger partial charge in [-0.1, -0.05) is 12.2 Å². The molecule has 0 aromatic carbocycles. The van der Waals surface area contributed by atoms with Crippen LogP contribution in [0.2, 0.25) is 0 Å². The maximum atomic E-state index is 9.04. The largest absolute Gasteiger partial charge is 1.00 e. The molecule has 4 heteroatoms. The molecule has 0 saturated heterocycles. The Balaban J connectivity index is -0.0000000480. The SMILES string of the molecule is C=C.NC([O-])=S.[Cu+]. The van der Waals surface area contributed by atoms with Gasteiger partial charge in [0, 0.05) is 5.17 Å². The summed E-state index contributed by atoms with van der Waals surface area (Å²) >= 11 is 3.76. The van der Waals surface area contributed by atoms with Crippen molar-refractivity contribution in [3.63, 3.8) is 0 Å². The van der Waals surface area contributed by atoms with Gasteiger partial charge in [-0.05, 0) is 0 Å². The van der Waals surface area contributed by atoms with Crippen LogP contribution in [0.3, 0.4) is 0 Å². The van der Waals surface area contributed by atoms with E-state index in [1.165, 1.54) is 0 Å². The zero-order valence-corrected chi connectivity index (χ0v) is 5.37. The normalized spacial score (nSPS) is 4.00. The molecular formula is C3H6CuNOS.